The van der Waals surface area contributed by atoms with E-state index in [1.807, 2.05) is 42.5 Å². The quantitative estimate of drug-likeness (QED) is 0.622. The number of para-hydroxylation sites is 1. The van der Waals surface area contributed by atoms with Gasteiger partial charge in [0.1, 0.15) is 11.4 Å². The van der Waals surface area contributed by atoms with Gasteiger partial charge in [-0.1, -0.05) is 23.7 Å². The van der Waals surface area contributed by atoms with Gasteiger partial charge in [-0.25, -0.2) is 4.68 Å². The fraction of sp³-hybridized carbons (Fsp3) is 0.304. The van der Waals surface area contributed by atoms with Crippen molar-refractivity contribution in [3.05, 3.63) is 65.3 Å². The maximum Gasteiger partial charge on any atom is 0.270 e. The molecular formula is C23H25ClN4O2. The van der Waals surface area contributed by atoms with Crippen LogP contribution in [-0.2, 0) is 0 Å². The van der Waals surface area contributed by atoms with Gasteiger partial charge in [0.2, 0.25) is 0 Å². The van der Waals surface area contributed by atoms with Crippen LogP contribution in [0.5, 0.6) is 5.75 Å². The molecule has 1 aromatic heterocycles. The fourth-order valence-electron chi connectivity index (χ4n) is 3.68. The molecule has 2 aromatic carbocycles. The van der Waals surface area contributed by atoms with Gasteiger partial charge in [0, 0.05) is 18.7 Å². The first kappa shape index (κ1) is 20.4. The lowest BCUT2D eigenvalue weighted by Gasteiger charge is -2.15. The zero-order chi connectivity index (χ0) is 20.9. The van der Waals surface area contributed by atoms with Crippen molar-refractivity contribution in [3.8, 4) is 22.7 Å². The summed E-state index contributed by atoms with van der Waals surface area (Å²) in [5, 5.41) is 8.26. The minimum absolute atomic E-state index is 0.165. The number of hydrogen-bond acceptors (Lipinski definition) is 4. The largest absolute Gasteiger partial charge is 0.497 e. The molecule has 156 valence electrons. The Hall–Kier alpha value is -2.83. The van der Waals surface area contributed by atoms with E-state index in [2.05, 4.69) is 10.2 Å². The second kappa shape index (κ2) is 9.32. The number of carbonyl (C=O) groups excluding carboxylic acids is 1. The van der Waals surface area contributed by atoms with Crippen LogP contribution in [-0.4, -0.2) is 53.9 Å². The van der Waals surface area contributed by atoms with Gasteiger partial charge >= 0.3 is 0 Å². The Morgan fingerprint density at radius 3 is 2.57 bits per heavy atom. The molecule has 0 spiro atoms. The topological polar surface area (TPSA) is 59.4 Å². The van der Waals surface area contributed by atoms with E-state index in [-0.39, 0.29) is 5.91 Å². The third-order valence-electron chi connectivity index (χ3n) is 5.32. The maximum atomic E-state index is 13.0. The van der Waals surface area contributed by atoms with E-state index in [1.54, 1.807) is 23.9 Å². The lowest BCUT2D eigenvalue weighted by Crippen LogP contribution is -2.34. The monoisotopic (exact) mass is 424 g/mol. The summed E-state index contributed by atoms with van der Waals surface area (Å²) in [4.78, 5) is 15.4. The number of benzene rings is 2. The highest BCUT2D eigenvalue weighted by atomic mass is 35.5. The van der Waals surface area contributed by atoms with E-state index in [9.17, 15) is 4.79 Å². The summed E-state index contributed by atoms with van der Waals surface area (Å²) in [6.45, 7) is 3.67. The van der Waals surface area contributed by atoms with Crippen LogP contribution in [0, 0.1) is 0 Å². The molecule has 30 heavy (non-hydrogen) atoms. The van der Waals surface area contributed by atoms with E-state index in [0.717, 1.165) is 30.9 Å². The van der Waals surface area contributed by atoms with Crippen LogP contribution >= 0.6 is 11.6 Å². The van der Waals surface area contributed by atoms with Crippen LogP contribution in [0.4, 0.5) is 0 Å². The minimum Gasteiger partial charge on any atom is -0.497 e. The molecule has 1 aliphatic heterocycles. The molecular weight excluding hydrogens is 400 g/mol. The van der Waals surface area contributed by atoms with Crippen molar-refractivity contribution >= 4 is 17.5 Å². The van der Waals surface area contributed by atoms with E-state index in [0.29, 0.717) is 28.6 Å². The lowest BCUT2D eigenvalue weighted by molar-refractivity contribution is 0.0942. The third kappa shape index (κ3) is 4.50. The summed E-state index contributed by atoms with van der Waals surface area (Å²) in [7, 11) is 1.63. The van der Waals surface area contributed by atoms with Crippen molar-refractivity contribution < 1.29 is 9.53 Å². The van der Waals surface area contributed by atoms with E-state index >= 15 is 0 Å². The Kier molecular flexibility index (Phi) is 6.35. The lowest BCUT2D eigenvalue weighted by atomic mass is 10.1. The van der Waals surface area contributed by atoms with Gasteiger partial charge in [0.05, 0.1) is 23.5 Å². The molecule has 6 nitrogen and oxygen atoms in total. The van der Waals surface area contributed by atoms with E-state index in [1.165, 1.54) is 12.8 Å². The Balaban J connectivity index is 1.62. The molecule has 1 amide bonds. The van der Waals surface area contributed by atoms with Crippen LogP contribution in [0.25, 0.3) is 16.9 Å². The van der Waals surface area contributed by atoms with Crippen LogP contribution in [0.3, 0.4) is 0 Å². The number of halogens is 1. The van der Waals surface area contributed by atoms with Crippen LogP contribution < -0.4 is 10.1 Å². The molecule has 0 atom stereocenters. The number of likely N-dealkylation sites (tertiary alicyclic amines) is 1. The highest BCUT2D eigenvalue weighted by Crippen LogP contribution is 2.26. The Labute approximate surface area is 181 Å². The summed E-state index contributed by atoms with van der Waals surface area (Å²) >= 11 is 6.40. The molecule has 0 radical (unpaired) electrons. The standard InChI is InChI=1S/C23H25ClN4O2/c1-30-18-10-8-17(9-11-18)20-16-22(23(29)25-12-15-27-13-4-5-14-27)28(26-20)21-7-3-2-6-19(21)24/h2-3,6-11,16H,4-5,12-15H2,1H3,(H,25,29). The second-order valence-corrected chi connectivity index (χ2v) is 7.72. The number of aromatic nitrogens is 2. The molecule has 0 bridgehead atoms. The molecule has 0 unspecified atom stereocenters. The first-order valence-corrected chi connectivity index (χ1v) is 10.5. The highest BCUT2D eigenvalue weighted by Gasteiger charge is 2.19. The summed E-state index contributed by atoms with van der Waals surface area (Å²) in [6.07, 6.45) is 2.47. The SMILES string of the molecule is COc1ccc(-c2cc(C(=O)NCCN3CCCC3)n(-c3ccccc3Cl)n2)cc1. The summed E-state index contributed by atoms with van der Waals surface area (Å²) in [6, 6.07) is 16.8. The maximum absolute atomic E-state index is 13.0. The molecule has 1 N–H and O–H groups in total. The Bertz CT molecular complexity index is 1010. The Morgan fingerprint density at radius 1 is 1.13 bits per heavy atom. The molecule has 0 saturated carbocycles. The molecule has 3 aromatic rings. The number of hydrogen-bond donors (Lipinski definition) is 1. The predicted molar refractivity (Wildman–Crippen MR) is 119 cm³/mol. The smallest absolute Gasteiger partial charge is 0.270 e. The van der Waals surface area contributed by atoms with Gasteiger partial charge in [-0.15, -0.1) is 0 Å². The van der Waals surface area contributed by atoms with Crippen molar-refractivity contribution in [2.75, 3.05) is 33.3 Å². The minimum atomic E-state index is -0.165. The number of nitrogens with zero attached hydrogens (tertiary/aromatic N) is 3. The molecule has 1 fully saturated rings. The van der Waals surface area contributed by atoms with E-state index < -0.39 is 0 Å². The van der Waals surface area contributed by atoms with Crippen molar-refractivity contribution in [3.63, 3.8) is 0 Å². The van der Waals surface area contributed by atoms with Gasteiger partial charge in [0.25, 0.3) is 5.91 Å². The molecule has 1 aliphatic rings. The zero-order valence-corrected chi connectivity index (χ0v) is 17.7. The normalized spacial score (nSPS) is 14.1. The zero-order valence-electron chi connectivity index (χ0n) is 17.0. The van der Waals surface area contributed by atoms with Crippen LogP contribution in [0.1, 0.15) is 23.3 Å². The van der Waals surface area contributed by atoms with Crippen molar-refractivity contribution in [2.45, 2.75) is 12.8 Å². The number of rotatable bonds is 7. The molecule has 0 aliphatic carbocycles. The summed E-state index contributed by atoms with van der Waals surface area (Å²) < 4.78 is 6.85. The third-order valence-corrected chi connectivity index (χ3v) is 5.64. The van der Waals surface area contributed by atoms with Crippen molar-refractivity contribution in [1.82, 2.24) is 20.0 Å². The number of carbonyl (C=O) groups is 1. The number of methoxy groups -OCH3 is 1. The van der Waals surface area contributed by atoms with E-state index in [4.69, 9.17) is 21.4 Å². The molecule has 1 saturated heterocycles. The first-order chi connectivity index (χ1) is 14.7. The second-order valence-electron chi connectivity index (χ2n) is 7.31. The first-order valence-electron chi connectivity index (χ1n) is 10.2. The average molecular weight is 425 g/mol. The van der Waals surface area contributed by atoms with Gasteiger partial charge in [0.15, 0.2) is 0 Å². The predicted octanol–water partition coefficient (Wildman–Crippen LogP) is 4.03. The van der Waals surface area contributed by atoms with Gasteiger partial charge in [-0.3, -0.25) is 4.79 Å². The Morgan fingerprint density at radius 2 is 1.87 bits per heavy atom. The molecule has 2 heterocycles. The van der Waals surface area contributed by atoms with Crippen LogP contribution in [0.2, 0.25) is 5.02 Å². The average Bonchev–Trinajstić information content (AvgIpc) is 3.44. The fourth-order valence-corrected chi connectivity index (χ4v) is 3.89. The number of ether oxygens (including phenoxy) is 1. The van der Waals surface area contributed by atoms with Crippen molar-refractivity contribution in [2.24, 2.45) is 0 Å². The van der Waals surface area contributed by atoms with Gasteiger partial charge < -0.3 is 15.0 Å². The van der Waals surface area contributed by atoms with Gasteiger partial charge in [-0.05, 0) is 68.4 Å². The summed E-state index contributed by atoms with van der Waals surface area (Å²) in [5.41, 5.74) is 2.72. The number of nitrogens with one attached hydrogen (secondary N) is 1. The van der Waals surface area contributed by atoms with Crippen LogP contribution in [0.15, 0.2) is 54.6 Å². The number of amides is 1. The summed E-state index contributed by atoms with van der Waals surface area (Å²) in [5.74, 6) is 0.602. The van der Waals surface area contributed by atoms with Gasteiger partial charge in [-0.2, -0.15) is 5.10 Å². The molecule has 7 heteroatoms. The van der Waals surface area contributed by atoms with Crippen molar-refractivity contribution in [1.29, 1.82) is 0 Å². The molecule has 4 rings (SSSR count). The highest BCUT2D eigenvalue weighted by molar-refractivity contribution is 6.32.